The number of aryl methyl sites for hydroxylation is 2. The van der Waals surface area contributed by atoms with Crippen molar-refractivity contribution >= 4 is 11.8 Å². The fourth-order valence-corrected chi connectivity index (χ4v) is 8.18. The predicted molar refractivity (Wildman–Crippen MR) is 255 cm³/mol. The fraction of sp³-hybridized carbons (Fsp3) is 0.309. The van der Waals surface area contributed by atoms with Crippen molar-refractivity contribution in [3.8, 4) is 39.5 Å². The molecule has 0 atom stereocenters. The Kier molecular flexibility index (Phi) is 13.2. The number of amides is 2. The summed E-state index contributed by atoms with van der Waals surface area (Å²) in [5.41, 5.74) is 9.97. The van der Waals surface area contributed by atoms with Crippen LogP contribution in [0.4, 0.5) is 0 Å². The largest absolute Gasteiger partial charge is 0.492 e. The van der Waals surface area contributed by atoms with E-state index in [9.17, 15) is 9.59 Å². The summed E-state index contributed by atoms with van der Waals surface area (Å²) in [4.78, 5) is 31.5. The van der Waals surface area contributed by atoms with E-state index in [2.05, 4.69) is 99.3 Å². The lowest BCUT2D eigenvalue weighted by Gasteiger charge is -2.20. The minimum absolute atomic E-state index is 0.0826. The van der Waals surface area contributed by atoms with Gasteiger partial charge in [0.15, 0.2) is 0 Å². The molecule has 0 aliphatic heterocycles. The Hall–Kier alpha value is -6.42. The summed E-state index contributed by atoms with van der Waals surface area (Å²) in [6, 6.07) is 45.1. The van der Waals surface area contributed by atoms with Crippen molar-refractivity contribution in [2.24, 2.45) is 0 Å². The van der Waals surface area contributed by atoms with E-state index in [1.807, 2.05) is 96.6 Å². The molecule has 0 aromatic heterocycles. The van der Waals surface area contributed by atoms with Gasteiger partial charge in [-0.1, -0.05) is 84.9 Å². The second-order valence-electron chi connectivity index (χ2n) is 18.0. The van der Waals surface area contributed by atoms with Crippen LogP contribution in [-0.4, -0.2) is 76.1 Å². The molecule has 6 aromatic carbocycles. The summed E-state index contributed by atoms with van der Waals surface area (Å²) in [5, 5.41) is 6.73. The molecule has 0 radical (unpaired) electrons. The molecule has 8 rings (SSSR count). The van der Waals surface area contributed by atoms with Gasteiger partial charge in [-0.15, -0.1) is 0 Å². The quantitative estimate of drug-likeness (QED) is 0.0839. The van der Waals surface area contributed by atoms with Gasteiger partial charge in [0, 0.05) is 24.2 Å². The fourth-order valence-electron chi connectivity index (χ4n) is 8.18. The van der Waals surface area contributed by atoms with Gasteiger partial charge >= 0.3 is 0 Å². The number of nitrogens with one attached hydrogen (secondary N) is 2. The lowest BCUT2D eigenvalue weighted by Crippen LogP contribution is -2.35. The van der Waals surface area contributed by atoms with Crippen LogP contribution in [0, 0.1) is 13.8 Å². The Bertz CT molecular complexity index is 2610. The van der Waals surface area contributed by atoms with Gasteiger partial charge in [0.2, 0.25) is 0 Å². The number of hydrogen-bond acceptors (Lipinski definition) is 7. The molecule has 0 heterocycles. The highest BCUT2D eigenvalue weighted by Gasteiger charge is 2.47. The maximum atomic E-state index is 13.7. The molecule has 2 aliphatic rings. The molecule has 0 spiro atoms. The van der Waals surface area contributed by atoms with Gasteiger partial charge in [0.05, 0.1) is 11.1 Å². The summed E-state index contributed by atoms with van der Waals surface area (Å²) in [7, 11) is 8.04. The first-order valence-electron chi connectivity index (χ1n) is 22.3. The van der Waals surface area contributed by atoms with E-state index in [1.54, 1.807) is 0 Å². The van der Waals surface area contributed by atoms with Crippen LogP contribution in [0.3, 0.4) is 0 Å². The molecule has 0 unspecified atom stereocenters. The molecule has 2 N–H and O–H groups in total. The van der Waals surface area contributed by atoms with E-state index in [4.69, 9.17) is 14.2 Å². The number of rotatable bonds is 19. The first kappa shape index (κ1) is 44.2. The van der Waals surface area contributed by atoms with Gasteiger partial charge < -0.3 is 34.6 Å². The van der Waals surface area contributed by atoms with Crippen LogP contribution in [-0.2, 0) is 17.7 Å². The molecule has 9 heteroatoms. The Balaban J connectivity index is 0.913. The second kappa shape index (κ2) is 19.1. The molecule has 2 saturated carbocycles. The molecule has 330 valence electrons. The van der Waals surface area contributed by atoms with E-state index in [0.717, 1.165) is 94.6 Å². The van der Waals surface area contributed by atoms with Crippen molar-refractivity contribution in [1.29, 1.82) is 0 Å². The summed E-state index contributed by atoms with van der Waals surface area (Å²) in [6.07, 6.45) is 3.54. The molecule has 0 saturated heterocycles. The SMILES string of the molecule is Cc1ccc(OCCN(C)C)cc1C(=O)NC1(c2ccc(OCc3ccccc3-c3cccc(-c4cccc(C5(NC(=O)c6cc(OCCN(C)C)ccc6C)CC5)c4)c3)cc2)CC1. The van der Waals surface area contributed by atoms with Crippen molar-refractivity contribution in [2.45, 2.75) is 57.2 Å². The van der Waals surface area contributed by atoms with Crippen molar-refractivity contribution in [3.05, 3.63) is 172 Å². The lowest BCUT2D eigenvalue weighted by molar-refractivity contribution is 0.0921. The molecular weight excluding hydrogens is 797 g/mol. The van der Waals surface area contributed by atoms with Crippen LogP contribution < -0.4 is 24.8 Å². The number of hydrogen-bond donors (Lipinski definition) is 2. The van der Waals surface area contributed by atoms with Gasteiger partial charge in [-0.3, -0.25) is 9.59 Å². The maximum absolute atomic E-state index is 13.7. The average molecular weight is 857 g/mol. The van der Waals surface area contributed by atoms with Crippen LogP contribution in [0.25, 0.3) is 22.3 Å². The van der Waals surface area contributed by atoms with E-state index in [0.29, 0.717) is 42.4 Å². The summed E-state index contributed by atoms with van der Waals surface area (Å²) in [6.45, 7) is 7.03. The first-order chi connectivity index (χ1) is 30.9. The van der Waals surface area contributed by atoms with Crippen LogP contribution in [0.15, 0.2) is 133 Å². The molecule has 9 nitrogen and oxygen atoms in total. The number of ether oxygens (including phenoxy) is 3. The minimum Gasteiger partial charge on any atom is -0.492 e. The third-order valence-corrected chi connectivity index (χ3v) is 12.5. The Labute approximate surface area is 378 Å². The van der Waals surface area contributed by atoms with Crippen molar-refractivity contribution in [2.75, 3.05) is 54.5 Å². The van der Waals surface area contributed by atoms with E-state index < -0.39 is 5.54 Å². The highest BCUT2D eigenvalue weighted by Crippen LogP contribution is 2.48. The van der Waals surface area contributed by atoms with Crippen molar-refractivity contribution < 1.29 is 23.8 Å². The zero-order valence-electron chi connectivity index (χ0n) is 38.0. The smallest absolute Gasteiger partial charge is 0.252 e. The number of carbonyl (C=O) groups is 2. The van der Waals surface area contributed by atoms with E-state index in [1.165, 1.54) is 0 Å². The van der Waals surface area contributed by atoms with Crippen molar-refractivity contribution in [3.63, 3.8) is 0 Å². The summed E-state index contributed by atoms with van der Waals surface area (Å²) in [5.74, 6) is 1.99. The maximum Gasteiger partial charge on any atom is 0.252 e. The predicted octanol–water partition coefficient (Wildman–Crippen LogP) is 9.94. The average Bonchev–Trinajstić information content (AvgIpc) is 4.25. The normalized spacial score (nSPS) is 14.5. The van der Waals surface area contributed by atoms with Gasteiger partial charge in [0.25, 0.3) is 11.8 Å². The molecule has 0 bridgehead atoms. The third kappa shape index (κ3) is 10.5. The van der Waals surface area contributed by atoms with Crippen LogP contribution >= 0.6 is 0 Å². The number of benzene rings is 6. The van der Waals surface area contributed by atoms with Crippen LogP contribution in [0.2, 0.25) is 0 Å². The topological polar surface area (TPSA) is 92.4 Å². The standard InChI is InChI=1S/C55H60N4O5/c1-38-17-21-47(62-31-29-58(3)4)35-50(38)52(60)56-54(25-26-54)44-19-23-46(24-20-44)64-37-43-11-7-8-16-49(43)42-14-9-12-40(33-42)41-13-10-15-45(34-41)55(27-28-55)57-53(61)51-36-48(22-18-39(51)2)63-32-30-59(5)6/h7-24,33-36H,25-32,37H2,1-6H3,(H,56,60)(H,57,61). The molecule has 2 amide bonds. The Morgan fingerprint density at radius 1 is 0.516 bits per heavy atom. The van der Waals surface area contributed by atoms with Gasteiger partial charge in [-0.05, 0) is 166 Å². The highest BCUT2D eigenvalue weighted by molar-refractivity contribution is 5.97. The minimum atomic E-state index is -0.402. The van der Waals surface area contributed by atoms with Crippen LogP contribution in [0.5, 0.6) is 17.2 Å². The Morgan fingerprint density at radius 2 is 1.02 bits per heavy atom. The zero-order chi connectivity index (χ0) is 44.8. The number of nitrogens with zero attached hydrogens (tertiary/aromatic N) is 2. The third-order valence-electron chi connectivity index (χ3n) is 12.5. The van der Waals surface area contributed by atoms with E-state index >= 15 is 0 Å². The van der Waals surface area contributed by atoms with Gasteiger partial charge in [0.1, 0.15) is 37.1 Å². The zero-order valence-corrected chi connectivity index (χ0v) is 38.0. The Morgan fingerprint density at radius 3 is 1.58 bits per heavy atom. The molecule has 64 heavy (non-hydrogen) atoms. The molecular formula is C55H60N4O5. The number of likely N-dealkylation sites (N-methyl/N-ethyl adjacent to an activating group) is 2. The van der Waals surface area contributed by atoms with Gasteiger partial charge in [-0.2, -0.15) is 0 Å². The molecule has 6 aromatic rings. The molecule has 2 aliphatic carbocycles. The van der Waals surface area contributed by atoms with Crippen molar-refractivity contribution in [1.82, 2.24) is 20.4 Å². The molecule has 2 fully saturated rings. The van der Waals surface area contributed by atoms with E-state index in [-0.39, 0.29) is 17.4 Å². The summed E-state index contributed by atoms with van der Waals surface area (Å²) >= 11 is 0. The number of carbonyl (C=O) groups excluding carboxylic acids is 2. The highest BCUT2D eigenvalue weighted by atomic mass is 16.5. The van der Waals surface area contributed by atoms with Gasteiger partial charge in [-0.25, -0.2) is 0 Å². The monoisotopic (exact) mass is 856 g/mol. The second-order valence-corrected chi connectivity index (χ2v) is 18.0. The van der Waals surface area contributed by atoms with Crippen LogP contribution in [0.1, 0.15) is 74.2 Å². The first-order valence-corrected chi connectivity index (χ1v) is 22.3. The lowest BCUT2D eigenvalue weighted by atomic mass is 9.94. The summed E-state index contributed by atoms with van der Waals surface area (Å²) < 4.78 is 18.3.